The Kier molecular flexibility index (Phi) is 5.15. The van der Waals surface area contributed by atoms with Gasteiger partial charge >= 0.3 is 0 Å². The first-order valence-electron chi connectivity index (χ1n) is 6.73. The number of hydrogen-bond acceptors (Lipinski definition) is 4. The summed E-state index contributed by atoms with van der Waals surface area (Å²) in [5.74, 6) is 1.09. The molecule has 0 bridgehead atoms. The molecule has 0 aliphatic carbocycles. The average Bonchev–Trinajstić information content (AvgIpc) is 2.50. The number of nitrogens with zero attached hydrogens (tertiary/aromatic N) is 1. The van der Waals surface area contributed by atoms with Crippen molar-refractivity contribution in [1.29, 1.82) is 0 Å². The molecule has 1 amide bonds. The van der Waals surface area contributed by atoms with Gasteiger partial charge in [0.25, 0.3) is 0 Å². The summed E-state index contributed by atoms with van der Waals surface area (Å²) in [5, 5.41) is 2.81. The number of amides is 1. The maximum absolute atomic E-state index is 12.1. The summed E-state index contributed by atoms with van der Waals surface area (Å²) in [5.41, 5.74) is 1.49. The minimum Gasteiger partial charge on any atom is -0.497 e. The number of rotatable bonds is 6. The van der Waals surface area contributed by atoms with Gasteiger partial charge in [-0.05, 0) is 36.8 Å². The number of aromatic nitrogens is 1. The molecule has 0 atom stereocenters. The van der Waals surface area contributed by atoms with Crippen molar-refractivity contribution in [2.45, 2.75) is 13.3 Å². The zero-order chi connectivity index (χ0) is 15.1. The van der Waals surface area contributed by atoms with E-state index in [4.69, 9.17) is 9.47 Å². The Morgan fingerprint density at radius 3 is 2.67 bits per heavy atom. The van der Waals surface area contributed by atoms with E-state index in [0.717, 1.165) is 11.3 Å². The number of nitrogens with one attached hydrogen (secondary N) is 1. The Morgan fingerprint density at radius 2 is 2.00 bits per heavy atom. The molecule has 2 rings (SSSR count). The molecule has 0 aliphatic heterocycles. The van der Waals surface area contributed by atoms with Gasteiger partial charge in [0.2, 0.25) is 11.8 Å². The van der Waals surface area contributed by atoms with E-state index in [2.05, 4.69) is 10.3 Å². The maximum atomic E-state index is 12.1. The Bertz CT molecular complexity index is 597. The van der Waals surface area contributed by atoms with Gasteiger partial charge in [0.15, 0.2) is 0 Å². The summed E-state index contributed by atoms with van der Waals surface area (Å²) in [7, 11) is 1.61. The third-order valence-corrected chi connectivity index (χ3v) is 2.85. The number of ether oxygens (including phenoxy) is 2. The van der Waals surface area contributed by atoms with Crippen LogP contribution in [0.15, 0.2) is 42.6 Å². The number of benzene rings is 1. The normalized spacial score (nSPS) is 10.0. The molecule has 0 radical (unpaired) electrons. The van der Waals surface area contributed by atoms with Crippen LogP contribution in [0.2, 0.25) is 0 Å². The van der Waals surface area contributed by atoms with E-state index in [1.807, 2.05) is 31.2 Å². The first kappa shape index (κ1) is 14.8. The highest BCUT2D eigenvalue weighted by atomic mass is 16.5. The molecule has 1 N–H and O–H groups in total. The van der Waals surface area contributed by atoms with Crippen LogP contribution in [-0.2, 0) is 11.2 Å². The fraction of sp³-hybridized carbons (Fsp3) is 0.250. The number of hydrogen-bond donors (Lipinski definition) is 1. The van der Waals surface area contributed by atoms with E-state index in [1.165, 1.54) is 0 Å². The highest BCUT2D eigenvalue weighted by molar-refractivity contribution is 5.93. The van der Waals surface area contributed by atoms with Gasteiger partial charge in [-0.15, -0.1) is 0 Å². The molecule has 1 aromatic carbocycles. The quantitative estimate of drug-likeness (QED) is 0.887. The second-order valence-electron chi connectivity index (χ2n) is 4.36. The van der Waals surface area contributed by atoms with E-state index >= 15 is 0 Å². The lowest BCUT2D eigenvalue weighted by molar-refractivity contribution is -0.115. The van der Waals surface area contributed by atoms with Crippen molar-refractivity contribution in [2.24, 2.45) is 0 Å². The highest BCUT2D eigenvalue weighted by Crippen LogP contribution is 2.20. The fourth-order valence-corrected chi connectivity index (χ4v) is 1.86. The monoisotopic (exact) mass is 286 g/mol. The lowest BCUT2D eigenvalue weighted by Gasteiger charge is -2.10. The van der Waals surface area contributed by atoms with Crippen LogP contribution in [0.1, 0.15) is 12.5 Å². The number of carbonyl (C=O) groups is 1. The molecular weight excluding hydrogens is 268 g/mol. The van der Waals surface area contributed by atoms with Crippen molar-refractivity contribution in [3.8, 4) is 11.6 Å². The van der Waals surface area contributed by atoms with Gasteiger partial charge in [-0.25, -0.2) is 4.98 Å². The van der Waals surface area contributed by atoms with Crippen LogP contribution in [0.5, 0.6) is 11.6 Å². The zero-order valence-electron chi connectivity index (χ0n) is 12.1. The SMILES string of the molecule is CCOc1ncccc1NC(=O)Cc1ccc(OC)cc1. The van der Waals surface area contributed by atoms with Gasteiger partial charge in [0.05, 0.1) is 20.1 Å². The molecule has 0 fully saturated rings. The predicted molar refractivity (Wildman–Crippen MR) is 80.7 cm³/mol. The largest absolute Gasteiger partial charge is 0.497 e. The van der Waals surface area contributed by atoms with Gasteiger partial charge in [0, 0.05) is 6.20 Å². The molecule has 1 aromatic heterocycles. The topological polar surface area (TPSA) is 60.5 Å². The van der Waals surface area contributed by atoms with Crippen molar-refractivity contribution in [3.63, 3.8) is 0 Å². The number of anilines is 1. The van der Waals surface area contributed by atoms with Crippen molar-refractivity contribution >= 4 is 11.6 Å². The minimum absolute atomic E-state index is 0.117. The fourth-order valence-electron chi connectivity index (χ4n) is 1.86. The molecule has 0 saturated heterocycles. The highest BCUT2D eigenvalue weighted by Gasteiger charge is 2.09. The zero-order valence-corrected chi connectivity index (χ0v) is 12.1. The predicted octanol–water partition coefficient (Wildman–Crippen LogP) is 2.67. The van der Waals surface area contributed by atoms with Crippen LogP contribution in [0, 0.1) is 0 Å². The van der Waals surface area contributed by atoms with Crippen LogP contribution in [0.3, 0.4) is 0 Å². The third kappa shape index (κ3) is 4.21. The van der Waals surface area contributed by atoms with Gasteiger partial charge in [-0.3, -0.25) is 4.79 Å². The number of methoxy groups -OCH3 is 1. The van der Waals surface area contributed by atoms with E-state index in [0.29, 0.717) is 18.2 Å². The second-order valence-corrected chi connectivity index (χ2v) is 4.36. The molecule has 5 nitrogen and oxygen atoms in total. The Labute approximate surface area is 123 Å². The van der Waals surface area contributed by atoms with Crippen LogP contribution in [0.25, 0.3) is 0 Å². The molecule has 0 unspecified atom stereocenters. The number of pyridine rings is 1. The van der Waals surface area contributed by atoms with Crippen LogP contribution < -0.4 is 14.8 Å². The van der Waals surface area contributed by atoms with Crippen LogP contribution in [-0.4, -0.2) is 24.6 Å². The van der Waals surface area contributed by atoms with E-state index < -0.39 is 0 Å². The van der Waals surface area contributed by atoms with E-state index in [-0.39, 0.29) is 12.3 Å². The van der Waals surface area contributed by atoms with Gasteiger partial charge in [0.1, 0.15) is 11.4 Å². The number of carbonyl (C=O) groups excluding carboxylic acids is 1. The molecule has 5 heteroatoms. The van der Waals surface area contributed by atoms with E-state index in [9.17, 15) is 4.79 Å². The van der Waals surface area contributed by atoms with Crippen molar-refractivity contribution in [3.05, 3.63) is 48.2 Å². The Balaban J connectivity index is 2.01. The van der Waals surface area contributed by atoms with Crippen molar-refractivity contribution in [1.82, 2.24) is 4.98 Å². The summed E-state index contributed by atoms with van der Waals surface area (Å²) in [6.45, 7) is 2.37. The minimum atomic E-state index is -0.117. The Morgan fingerprint density at radius 1 is 1.24 bits per heavy atom. The molecule has 21 heavy (non-hydrogen) atoms. The summed E-state index contributed by atoms with van der Waals surface area (Å²) < 4.78 is 10.5. The summed E-state index contributed by atoms with van der Waals surface area (Å²) in [4.78, 5) is 16.2. The molecule has 0 saturated carbocycles. The summed E-state index contributed by atoms with van der Waals surface area (Å²) in [6, 6.07) is 10.9. The van der Waals surface area contributed by atoms with Crippen LogP contribution >= 0.6 is 0 Å². The first-order valence-corrected chi connectivity index (χ1v) is 6.73. The maximum Gasteiger partial charge on any atom is 0.237 e. The van der Waals surface area contributed by atoms with Crippen LogP contribution in [0.4, 0.5) is 5.69 Å². The smallest absolute Gasteiger partial charge is 0.237 e. The van der Waals surface area contributed by atoms with Gasteiger partial charge < -0.3 is 14.8 Å². The molecule has 1 heterocycles. The molecule has 2 aromatic rings. The van der Waals surface area contributed by atoms with Crippen molar-refractivity contribution in [2.75, 3.05) is 19.0 Å². The standard InChI is InChI=1S/C16H18N2O3/c1-3-21-16-14(5-4-10-17-16)18-15(19)11-12-6-8-13(20-2)9-7-12/h4-10H,3,11H2,1-2H3,(H,18,19). The second kappa shape index (κ2) is 7.28. The first-order chi connectivity index (χ1) is 10.2. The molecular formula is C16H18N2O3. The van der Waals surface area contributed by atoms with Crippen molar-refractivity contribution < 1.29 is 14.3 Å². The molecule has 110 valence electrons. The third-order valence-electron chi connectivity index (χ3n) is 2.85. The van der Waals surface area contributed by atoms with E-state index in [1.54, 1.807) is 25.4 Å². The summed E-state index contributed by atoms with van der Waals surface area (Å²) >= 11 is 0. The molecule has 0 spiro atoms. The lowest BCUT2D eigenvalue weighted by Crippen LogP contribution is -2.15. The average molecular weight is 286 g/mol. The van der Waals surface area contributed by atoms with Gasteiger partial charge in [-0.2, -0.15) is 0 Å². The lowest BCUT2D eigenvalue weighted by atomic mass is 10.1. The molecule has 0 aliphatic rings. The van der Waals surface area contributed by atoms with Gasteiger partial charge in [-0.1, -0.05) is 12.1 Å². The Hall–Kier alpha value is -2.56. The summed E-state index contributed by atoms with van der Waals surface area (Å²) in [6.07, 6.45) is 1.91.